The van der Waals surface area contributed by atoms with Crippen LogP contribution in [0.3, 0.4) is 0 Å². The number of hydrogen-bond acceptors (Lipinski definition) is 2. The summed E-state index contributed by atoms with van der Waals surface area (Å²) in [6.07, 6.45) is 1.74. The highest BCUT2D eigenvalue weighted by Crippen LogP contribution is 2.20. The molecule has 0 radical (unpaired) electrons. The molecule has 0 aliphatic carbocycles. The molecule has 0 spiro atoms. The largest absolute Gasteiger partial charge is 0.326 e. The Hall–Kier alpha value is -2.68. The lowest BCUT2D eigenvalue weighted by Gasteiger charge is -2.06. The fourth-order valence-corrected chi connectivity index (χ4v) is 1.97. The number of rotatable bonds is 4. The van der Waals surface area contributed by atoms with Gasteiger partial charge in [0, 0.05) is 18.2 Å². The highest BCUT2D eigenvalue weighted by Gasteiger charge is 2.02. The van der Waals surface area contributed by atoms with Crippen molar-refractivity contribution in [1.82, 2.24) is 0 Å². The van der Waals surface area contributed by atoms with E-state index in [2.05, 4.69) is 16.9 Å². The smallest absolute Gasteiger partial charge is 0.221 e. The van der Waals surface area contributed by atoms with Crippen LogP contribution in [0.1, 0.15) is 18.1 Å². The van der Waals surface area contributed by atoms with Crippen molar-refractivity contribution < 1.29 is 4.79 Å². The predicted molar refractivity (Wildman–Crippen MR) is 88.3 cm³/mol. The first-order valence-corrected chi connectivity index (χ1v) is 6.75. The number of nitrogens with one attached hydrogen (secondary N) is 1. The van der Waals surface area contributed by atoms with E-state index >= 15 is 0 Å². The number of aryl methyl sites for hydroxylation is 1. The molecule has 1 amide bonds. The van der Waals surface area contributed by atoms with Crippen LogP contribution in [0.25, 0.3) is 0 Å². The van der Waals surface area contributed by atoms with Gasteiger partial charge in [-0.25, -0.2) is 4.99 Å². The summed E-state index contributed by atoms with van der Waals surface area (Å²) in [5.74, 6) is -0.0831. The molecule has 1 N–H and O–H groups in total. The van der Waals surface area contributed by atoms with E-state index in [1.807, 2.05) is 55.5 Å². The van der Waals surface area contributed by atoms with Crippen molar-refractivity contribution in [3.63, 3.8) is 0 Å². The SMILES string of the molecule is C=C/C(=N\c1ccccc1C)c1ccc(NC(C)=O)cc1. The van der Waals surface area contributed by atoms with Crippen molar-refractivity contribution in [2.24, 2.45) is 4.99 Å². The average Bonchev–Trinajstić information content (AvgIpc) is 2.47. The number of para-hydroxylation sites is 1. The van der Waals surface area contributed by atoms with Gasteiger partial charge in [-0.05, 0) is 36.8 Å². The molecule has 2 aromatic carbocycles. The maximum atomic E-state index is 11.0. The average molecular weight is 278 g/mol. The Labute approximate surface area is 125 Å². The van der Waals surface area contributed by atoms with E-state index in [0.717, 1.165) is 28.2 Å². The summed E-state index contributed by atoms with van der Waals surface area (Å²) in [4.78, 5) is 15.7. The minimum Gasteiger partial charge on any atom is -0.326 e. The third-order valence-corrected chi connectivity index (χ3v) is 3.05. The second kappa shape index (κ2) is 6.66. The van der Waals surface area contributed by atoms with Crippen LogP contribution in [0.2, 0.25) is 0 Å². The van der Waals surface area contributed by atoms with Crippen LogP contribution in [-0.2, 0) is 4.79 Å². The van der Waals surface area contributed by atoms with Crippen molar-refractivity contribution in [2.75, 3.05) is 5.32 Å². The molecule has 0 fully saturated rings. The molecule has 0 aromatic heterocycles. The fourth-order valence-electron chi connectivity index (χ4n) is 1.97. The molecule has 21 heavy (non-hydrogen) atoms. The first-order valence-electron chi connectivity index (χ1n) is 6.75. The lowest BCUT2D eigenvalue weighted by Crippen LogP contribution is -2.06. The molecule has 0 unspecified atom stereocenters. The molecule has 106 valence electrons. The highest BCUT2D eigenvalue weighted by molar-refractivity contribution is 6.10. The van der Waals surface area contributed by atoms with Crippen molar-refractivity contribution in [3.05, 3.63) is 72.3 Å². The summed E-state index contributed by atoms with van der Waals surface area (Å²) >= 11 is 0. The third kappa shape index (κ3) is 3.89. The van der Waals surface area contributed by atoms with Gasteiger partial charge in [-0.1, -0.05) is 36.9 Å². The van der Waals surface area contributed by atoms with Gasteiger partial charge in [0.05, 0.1) is 11.4 Å². The van der Waals surface area contributed by atoms with E-state index in [9.17, 15) is 4.79 Å². The minimum atomic E-state index is -0.0831. The molecule has 0 bridgehead atoms. The summed E-state index contributed by atoms with van der Waals surface area (Å²) in [6, 6.07) is 15.5. The molecular formula is C18H18N2O. The molecule has 0 heterocycles. The zero-order chi connectivity index (χ0) is 15.2. The van der Waals surface area contributed by atoms with E-state index in [4.69, 9.17) is 0 Å². The molecule has 2 aromatic rings. The Balaban J connectivity index is 2.31. The Morgan fingerprint density at radius 3 is 2.38 bits per heavy atom. The van der Waals surface area contributed by atoms with Crippen LogP contribution in [0.4, 0.5) is 11.4 Å². The molecule has 0 aliphatic heterocycles. The van der Waals surface area contributed by atoms with Gasteiger partial charge in [-0.15, -0.1) is 0 Å². The minimum absolute atomic E-state index is 0.0831. The zero-order valence-electron chi connectivity index (χ0n) is 12.3. The highest BCUT2D eigenvalue weighted by atomic mass is 16.1. The number of anilines is 1. The maximum absolute atomic E-state index is 11.0. The number of carbonyl (C=O) groups excluding carboxylic acids is 1. The monoisotopic (exact) mass is 278 g/mol. The van der Waals surface area contributed by atoms with Gasteiger partial charge >= 0.3 is 0 Å². The Morgan fingerprint density at radius 2 is 1.81 bits per heavy atom. The predicted octanol–water partition coefficient (Wildman–Crippen LogP) is 4.26. The molecule has 2 rings (SSSR count). The van der Waals surface area contributed by atoms with Gasteiger partial charge in [0.15, 0.2) is 0 Å². The number of hydrogen-bond donors (Lipinski definition) is 1. The number of aliphatic imine (C=N–C) groups is 1. The van der Waals surface area contributed by atoms with Crippen molar-refractivity contribution in [2.45, 2.75) is 13.8 Å². The normalized spacial score (nSPS) is 11.0. The lowest BCUT2D eigenvalue weighted by atomic mass is 10.1. The molecule has 0 saturated heterocycles. The number of allylic oxidation sites excluding steroid dienone is 1. The number of benzene rings is 2. The molecular weight excluding hydrogens is 260 g/mol. The summed E-state index contributed by atoms with van der Waals surface area (Å²) in [5.41, 5.74) is 4.58. The summed E-state index contributed by atoms with van der Waals surface area (Å²) in [7, 11) is 0. The Kier molecular flexibility index (Phi) is 4.67. The summed E-state index contributed by atoms with van der Waals surface area (Å²) in [5, 5.41) is 2.74. The number of nitrogens with zero attached hydrogens (tertiary/aromatic N) is 1. The van der Waals surface area contributed by atoms with Gasteiger partial charge in [0.25, 0.3) is 0 Å². The topological polar surface area (TPSA) is 41.5 Å². The van der Waals surface area contributed by atoms with Crippen LogP contribution in [0.15, 0.2) is 66.2 Å². The zero-order valence-corrected chi connectivity index (χ0v) is 12.3. The van der Waals surface area contributed by atoms with Crippen molar-refractivity contribution >= 4 is 23.0 Å². The van der Waals surface area contributed by atoms with E-state index in [1.165, 1.54) is 6.92 Å². The van der Waals surface area contributed by atoms with Gasteiger partial charge in [-0.3, -0.25) is 4.79 Å². The molecule has 0 saturated carbocycles. The Bertz CT molecular complexity index is 685. The first kappa shape index (κ1) is 14.7. The summed E-state index contributed by atoms with van der Waals surface area (Å²) < 4.78 is 0. The Morgan fingerprint density at radius 1 is 1.14 bits per heavy atom. The number of amides is 1. The van der Waals surface area contributed by atoms with E-state index in [0.29, 0.717) is 0 Å². The standard InChI is InChI=1S/C18H18N2O/c1-4-17(20-18-8-6-5-7-13(18)2)15-9-11-16(12-10-15)19-14(3)21/h4-12H,1H2,2-3H3,(H,19,21)/b20-17+. The van der Waals surface area contributed by atoms with Gasteiger partial charge in [0.1, 0.15) is 0 Å². The maximum Gasteiger partial charge on any atom is 0.221 e. The first-order chi connectivity index (χ1) is 10.1. The molecule has 3 heteroatoms. The fraction of sp³-hybridized carbons (Fsp3) is 0.111. The number of carbonyl (C=O) groups is 1. The summed E-state index contributed by atoms with van der Waals surface area (Å²) in [6.45, 7) is 7.35. The quantitative estimate of drug-likeness (QED) is 0.834. The van der Waals surface area contributed by atoms with Crippen LogP contribution in [0, 0.1) is 6.92 Å². The van der Waals surface area contributed by atoms with Gasteiger partial charge in [-0.2, -0.15) is 0 Å². The molecule has 0 aliphatic rings. The van der Waals surface area contributed by atoms with Crippen LogP contribution in [-0.4, -0.2) is 11.6 Å². The van der Waals surface area contributed by atoms with E-state index in [-0.39, 0.29) is 5.91 Å². The lowest BCUT2D eigenvalue weighted by molar-refractivity contribution is -0.114. The molecule has 0 atom stereocenters. The second-order valence-electron chi connectivity index (χ2n) is 4.75. The van der Waals surface area contributed by atoms with Crippen molar-refractivity contribution in [1.29, 1.82) is 0 Å². The van der Waals surface area contributed by atoms with Gasteiger partial charge < -0.3 is 5.32 Å². The van der Waals surface area contributed by atoms with E-state index in [1.54, 1.807) is 6.08 Å². The van der Waals surface area contributed by atoms with Gasteiger partial charge in [0.2, 0.25) is 5.91 Å². The van der Waals surface area contributed by atoms with E-state index < -0.39 is 0 Å². The van der Waals surface area contributed by atoms with Crippen LogP contribution in [0.5, 0.6) is 0 Å². The second-order valence-corrected chi connectivity index (χ2v) is 4.75. The molecule has 3 nitrogen and oxygen atoms in total. The van der Waals surface area contributed by atoms with Crippen LogP contribution >= 0.6 is 0 Å². The van der Waals surface area contributed by atoms with Crippen molar-refractivity contribution in [3.8, 4) is 0 Å². The third-order valence-electron chi connectivity index (χ3n) is 3.05. The van der Waals surface area contributed by atoms with Crippen LogP contribution < -0.4 is 5.32 Å².